The van der Waals surface area contributed by atoms with E-state index in [0.717, 1.165) is 5.92 Å². The molecule has 0 spiro atoms. The minimum absolute atomic E-state index is 0.658. The van der Waals surface area contributed by atoms with Crippen molar-refractivity contribution in [3.8, 4) is 0 Å². The summed E-state index contributed by atoms with van der Waals surface area (Å²) in [7, 11) is 2.13. The van der Waals surface area contributed by atoms with Gasteiger partial charge in [-0.2, -0.15) is 0 Å². The van der Waals surface area contributed by atoms with Gasteiger partial charge in [0, 0.05) is 6.04 Å². The van der Waals surface area contributed by atoms with Crippen LogP contribution in [0.4, 0.5) is 0 Å². The van der Waals surface area contributed by atoms with Crippen molar-refractivity contribution in [3.05, 3.63) is 35.4 Å². The van der Waals surface area contributed by atoms with Crippen molar-refractivity contribution in [1.29, 1.82) is 0 Å². The van der Waals surface area contributed by atoms with Gasteiger partial charge in [-0.3, -0.25) is 0 Å². The van der Waals surface area contributed by atoms with Gasteiger partial charge < -0.3 is 5.32 Å². The zero-order chi connectivity index (χ0) is 12.8. The van der Waals surface area contributed by atoms with Crippen molar-refractivity contribution < 1.29 is 0 Å². The van der Waals surface area contributed by atoms with Crippen LogP contribution < -0.4 is 5.32 Å². The molecule has 1 N–H and O–H groups in total. The fourth-order valence-corrected chi connectivity index (χ4v) is 3.20. The van der Waals surface area contributed by atoms with Gasteiger partial charge >= 0.3 is 0 Å². The molecule has 0 aromatic heterocycles. The van der Waals surface area contributed by atoms with Crippen LogP contribution in [0.25, 0.3) is 0 Å². The molecule has 1 aliphatic rings. The van der Waals surface area contributed by atoms with Gasteiger partial charge in [0.05, 0.1) is 0 Å². The molecule has 2 rings (SSSR count). The molecule has 1 nitrogen and oxygen atoms in total. The average Bonchev–Trinajstić information content (AvgIpc) is 2.67. The third kappa shape index (κ3) is 3.84. The van der Waals surface area contributed by atoms with Gasteiger partial charge in [-0.15, -0.1) is 0 Å². The zero-order valence-corrected chi connectivity index (χ0v) is 11.9. The van der Waals surface area contributed by atoms with Crippen LogP contribution in [-0.4, -0.2) is 13.1 Å². The highest BCUT2D eigenvalue weighted by molar-refractivity contribution is 5.22. The predicted molar refractivity (Wildman–Crippen MR) is 78.9 cm³/mol. The second-order valence-corrected chi connectivity index (χ2v) is 5.84. The van der Waals surface area contributed by atoms with Gasteiger partial charge in [-0.05, 0) is 44.7 Å². The Bertz CT molecular complexity index is 333. The van der Waals surface area contributed by atoms with Crippen molar-refractivity contribution in [2.75, 3.05) is 7.05 Å². The van der Waals surface area contributed by atoms with E-state index in [0.29, 0.717) is 6.04 Å². The molecule has 1 aromatic carbocycles. The van der Waals surface area contributed by atoms with E-state index in [9.17, 15) is 0 Å². The fourth-order valence-electron chi connectivity index (χ4n) is 3.20. The number of hydrogen-bond donors (Lipinski definition) is 1. The molecular weight excluding hydrogens is 218 g/mol. The van der Waals surface area contributed by atoms with E-state index in [4.69, 9.17) is 0 Å². The summed E-state index contributed by atoms with van der Waals surface area (Å²) in [4.78, 5) is 0. The maximum Gasteiger partial charge on any atom is 0.0133 e. The summed E-state index contributed by atoms with van der Waals surface area (Å²) in [5.74, 6) is 0.874. The highest BCUT2D eigenvalue weighted by Gasteiger charge is 2.21. The third-order valence-electron chi connectivity index (χ3n) is 4.42. The molecule has 0 saturated heterocycles. The monoisotopic (exact) mass is 245 g/mol. The Hall–Kier alpha value is -0.820. The second kappa shape index (κ2) is 6.94. The van der Waals surface area contributed by atoms with Crippen molar-refractivity contribution in [1.82, 2.24) is 5.32 Å². The molecule has 1 aliphatic carbocycles. The molecule has 1 unspecified atom stereocenters. The normalized spacial score (nSPS) is 19.4. The summed E-state index contributed by atoms with van der Waals surface area (Å²) in [5.41, 5.74) is 2.83. The number of likely N-dealkylation sites (N-methyl/N-ethyl adjacent to an activating group) is 1. The minimum atomic E-state index is 0.658. The highest BCUT2D eigenvalue weighted by Crippen LogP contribution is 2.27. The lowest BCUT2D eigenvalue weighted by Crippen LogP contribution is -2.35. The molecule has 1 atom stereocenters. The molecule has 1 fully saturated rings. The van der Waals surface area contributed by atoms with Crippen LogP contribution in [0, 0.1) is 12.8 Å². The summed E-state index contributed by atoms with van der Waals surface area (Å²) >= 11 is 0. The Morgan fingerprint density at radius 3 is 2.22 bits per heavy atom. The van der Waals surface area contributed by atoms with E-state index in [-0.39, 0.29) is 0 Å². The average molecular weight is 245 g/mol. The van der Waals surface area contributed by atoms with E-state index in [1.165, 1.54) is 56.1 Å². The lowest BCUT2D eigenvalue weighted by atomic mass is 9.88. The summed E-state index contributed by atoms with van der Waals surface area (Å²) in [6.45, 7) is 2.16. The van der Waals surface area contributed by atoms with Crippen LogP contribution in [0.5, 0.6) is 0 Å². The van der Waals surface area contributed by atoms with Crippen molar-refractivity contribution in [2.24, 2.45) is 5.92 Å². The molecule has 1 saturated carbocycles. The number of benzene rings is 1. The fraction of sp³-hybridized carbons (Fsp3) is 0.647. The van der Waals surface area contributed by atoms with Gasteiger partial charge in [-0.1, -0.05) is 55.5 Å². The Balaban J connectivity index is 1.97. The highest BCUT2D eigenvalue weighted by atomic mass is 14.9. The van der Waals surface area contributed by atoms with Crippen LogP contribution in [0.1, 0.15) is 49.7 Å². The molecule has 0 bridgehead atoms. The van der Waals surface area contributed by atoms with Crippen LogP contribution in [0.3, 0.4) is 0 Å². The molecule has 0 amide bonds. The Morgan fingerprint density at radius 2 is 1.67 bits per heavy atom. The number of nitrogens with one attached hydrogen (secondary N) is 1. The first kappa shape index (κ1) is 13.6. The molecule has 1 aromatic rings. The quantitative estimate of drug-likeness (QED) is 0.788. The van der Waals surface area contributed by atoms with Crippen LogP contribution in [0.15, 0.2) is 24.3 Å². The molecule has 100 valence electrons. The van der Waals surface area contributed by atoms with E-state index in [1.54, 1.807) is 0 Å². The van der Waals surface area contributed by atoms with E-state index in [1.807, 2.05) is 0 Å². The minimum Gasteiger partial charge on any atom is -0.316 e. The standard InChI is InChI=1S/C17H27N/c1-14-9-11-15(12-10-14)13-17(18-2)16-7-5-3-4-6-8-16/h9-12,16-18H,3-8,13H2,1-2H3. The van der Waals surface area contributed by atoms with Gasteiger partial charge in [-0.25, -0.2) is 0 Å². The zero-order valence-electron chi connectivity index (χ0n) is 11.9. The molecule has 0 heterocycles. The molecular formula is C17H27N. The van der Waals surface area contributed by atoms with Crippen molar-refractivity contribution in [3.63, 3.8) is 0 Å². The summed E-state index contributed by atoms with van der Waals surface area (Å²) in [6, 6.07) is 9.70. The van der Waals surface area contributed by atoms with Crippen LogP contribution >= 0.6 is 0 Å². The molecule has 18 heavy (non-hydrogen) atoms. The summed E-state index contributed by atoms with van der Waals surface area (Å²) in [6.07, 6.45) is 9.75. The summed E-state index contributed by atoms with van der Waals surface area (Å²) in [5, 5.41) is 3.56. The molecule has 0 radical (unpaired) electrons. The van der Waals surface area contributed by atoms with Crippen molar-refractivity contribution in [2.45, 2.75) is 57.9 Å². The third-order valence-corrected chi connectivity index (χ3v) is 4.42. The molecule has 1 heteroatoms. The van der Waals surface area contributed by atoms with E-state index >= 15 is 0 Å². The lowest BCUT2D eigenvalue weighted by molar-refractivity contribution is 0.332. The van der Waals surface area contributed by atoms with Gasteiger partial charge in [0.15, 0.2) is 0 Å². The van der Waals surface area contributed by atoms with Crippen LogP contribution in [-0.2, 0) is 6.42 Å². The summed E-state index contributed by atoms with van der Waals surface area (Å²) < 4.78 is 0. The Morgan fingerprint density at radius 1 is 1.06 bits per heavy atom. The van der Waals surface area contributed by atoms with Gasteiger partial charge in [0.25, 0.3) is 0 Å². The van der Waals surface area contributed by atoms with E-state index in [2.05, 4.69) is 43.6 Å². The van der Waals surface area contributed by atoms with Gasteiger partial charge in [0.2, 0.25) is 0 Å². The van der Waals surface area contributed by atoms with Crippen molar-refractivity contribution >= 4 is 0 Å². The predicted octanol–water partition coefficient (Wildman–Crippen LogP) is 4.10. The van der Waals surface area contributed by atoms with Crippen LogP contribution in [0.2, 0.25) is 0 Å². The topological polar surface area (TPSA) is 12.0 Å². The maximum atomic E-state index is 3.56. The smallest absolute Gasteiger partial charge is 0.0133 e. The maximum absolute atomic E-state index is 3.56. The first-order chi connectivity index (χ1) is 8.79. The molecule has 0 aliphatic heterocycles. The Kier molecular flexibility index (Phi) is 5.25. The van der Waals surface area contributed by atoms with E-state index < -0.39 is 0 Å². The second-order valence-electron chi connectivity index (χ2n) is 5.84. The lowest BCUT2D eigenvalue weighted by Gasteiger charge is -2.26. The first-order valence-corrected chi connectivity index (χ1v) is 7.52. The number of hydrogen-bond acceptors (Lipinski definition) is 1. The number of aryl methyl sites for hydroxylation is 1. The Labute approximate surface area is 112 Å². The first-order valence-electron chi connectivity index (χ1n) is 7.52. The largest absolute Gasteiger partial charge is 0.316 e. The van der Waals surface area contributed by atoms with Gasteiger partial charge in [0.1, 0.15) is 0 Å². The number of rotatable bonds is 4. The SMILES string of the molecule is CNC(Cc1ccc(C)cc1)C1CCCCCC1.